The molecule has 22 heavy (non-hydrogen) atoms. The van der Waals surface area contributed by atoms with Gasteiger partial charge in [0, 0.05) is 17.1 Å². The van der Waals surface area contributed by atoms with Gasteiger partial charge in [-0.3, -0.25) is 0 Å². The van der Waals surface area contributed by atoms with Crippen LogP contribution in [0.15, 0.2) is 33.8 Å². The molecule has 1 heterocycles. The van der Waals surface area contributed by atoms with Gasteiger partial charge in [0.1, 0.15) is 6.54 Å². The van der Waals surface area contributed by atoms with E-state index in [1.54, 1.807) is 12.1 Å². The quantitative estimate of drug-likeness (QED) is 0.315. The summed E-state index contributed by atoms with van der Waals surface area (Å²) in [5.41, 5.74) is 6.57. The molecule has 2 rings (SSSR count). The number of nitrogens with zero attached hydrogens (tertiary/aromatic N) is 3. The maximum absolute atomic E-state index is 5.84. The molecule has 0 spiro atoms. The first-order valence-electron chi connectivity index (χ1n) is 6.81. The lowest BCUT2D eigenvalue weighted by Crippen LogP contribution is -2.32. The molecule has 0 bridgehead atoms. The minimum atomic E-state index is 0. The molecule has 0 unspecified atom stereocenters. The molecule has 2 aromatic rings. The Kier molecular flexibility index (Phi) is 8.18. The van der Waals surface area contributed by atoms with Crippen LogP contribution in [0.1, 0.15) is 25.7 Å². The van der Waals surface area contributed by atoms with E-state index >= 15 is 0 Å². The van der Waals surface area contributed by atoms with E-state index < -0.39 is 0 Å². The Hall–Kier alpha value is -1.35. The van der Waals surface area contributed by atoms with Crippen LogP contribution >= 0.6 is 35.6 Å². The lowest BCUT2D eigenvalue weighted by Gasteiger charge is -2.02. The Labute approximate surface area is 151 Å². The fourth-order valence-electron chi connectivity index (χ4n) is 1.64. The van der Waals surface area contributed by atoms with Crippen LogP contribution in [0.2, 0.25) is 5.02 Å². The number of aromatic nitrogens is 2. The predicted molar refractivity (Wildman–Crippen MR) is 98.4 cm³/mol. The van der Waals surface area contributed by atoms with Gasteiger partial charge in [-0.25, -0.2) is 4.99 Å². The van der Waals surface area contributed by atoms with Crippen LogP contribution in [0.3, 0.4) is 0 Å². The molecule has 0 radical (unpaired) electrons. The van der Waals surface area contributed by atoms with E-state index in [1.807, 2.05) is 12.1 Å². The number of guanidine groups is 1. The zero-order valence-electron chi connectivity index (χ0n) is 12.3. The maximum Gasteiger partial charge on any atom is 0.248 e. The molecule has 0 aliphatic carbocycles. The van der Waals surface area contributed by atoms with E-state index in [9.17, 15) is 0 Å². The van der Waals surface area contributed by atoms with E-state index in [4.69, 9.17) is 21.9 Å². The molecule has 0 saturated heterocycles. The number of rotatable bonds is 6. The van der Waals surface area contributed by atoms with E-state index in [0.717, 1.165) is 24.9 Å². The summed E-state index contributed by atoms with van der Waals surface area (Å²) in [7, 11) is 0. The third kappa shape index (κ3) is 5.80. The lowest BCUT2D eigenvalue weighted by molar-refractivity contribution is 0.381. The summed E-state index contributed by atoms with van der Waals surface area (Å²) >= 11 is 5.84. The highest BCUT2D eigenvalue weighted by atomic mass is 127. The average Bonchev–Trinajstić information content (AvgIpc) is 2.95. The number of benzene rings is 1. The largest absolute Gasteiger partial charge is 0.370 e. The summed E-state index contributed by atoms with van der Waals surface area (Å²) < 4.78 is 5.14. The Morgan fingerprint density at radius 1 is 1.36 bits per heavy atom. The molecule has 8 heteroatoms. The van der Waals surface area contributed by atoms with Gasteiger partial charge >= 0.3 is 0 Å². The van der Waals surface area contributed by atoms with Gasteiger partial charge in [0.05, 0.1) is 0 Å². The average molecular weight is 436 g/mol. The van der Waals surface area contributed by atoms with Gasteiger partial charge < -0.3 is 15.6 Å². The van der Waals surface area contributed by atoms with Crippen LogP contribution in [-0.2, 0) is 6.54 Å². The van der Waals surface area contributed by atoms with Gasteiger partial charge in [-0.15, -0.1) is 24.0 Å². The van der Waals surface area contributed by atoms with Crippen molar-refractivity contribution in [2.75, 3.05) is 6.54 Å². The number of aliphatic imine (C=N–C) groups is 1. The third-order valence-corrected chi connectivity index (χ3v) is 3.04. The van der Waals surface area contributed by atoms with Crippen molar-refractivity contribution in [2.24, 2.45) is 10.7 Å². The Balaban J connectivity index is 0.00000242. The molecule has 3 N–H and O–H groups in total. The van der Waals surface area contributed by atoms with Crippen LogP contribution in [0.4, 0.5) is 0 Å². The Morgan fingerprint density at radius 2 is 2.09 bits per heavy atom. The number of hydrogen-bond donors (Lipinski definition) is 2. The van der Waals surface area contributed by atoms with Crippen LogP contribution in [0.25, 0.3) is 11.4 Å². The number of halogens is 2. The molecule has 0 aliphatic rings. The second-order valence-electron chi connectivity index (χ2n) is 4.50. The van der Waals surface area contributed by atoms with Gasteiger partial charge in [-0.1, -0.05) is 30.1 Å². The molecule has 120 valence electrons. The van der Waals surface area contributed by atoms with Crippen molar-refractivity contribution in [1.29, 1.82) is 0 Å². The molecule has 0 aliphatic heterocycles. The number of unbranched alkanes of at least 4 members (excludes halogenated alkanes) is 1. The standard InChI is InChI=1S/C14H18ClN5O.HI/c1-2-3-8-17-14(16)18-9-12-19-13(20-21-12)10-4-6-11(15)7-5-10;/h4-7H,2-3,8-9H2,1H3,(H3,16,17,18);1H. The zero-order chi connectivity index (χ0) is 15.1. The van der Waals surface area contributed by atoms with E-state index in [0.29, 0.717) is 22.7 Å². The van der Waals surface area contributed by atoms with Crippen molar-refractivity contribution in [3.63, 3.8) is 0 Å². The minimum absolute atomic E-state index is 0. The summed E-state index contributed by atoms with van der Waals surface area (Å²) in [6, 6.07) is 7.23. The van der Waals surface area contributed by atoms with Crippen molar-refractivity contribution in [3.8, 4) is 11.4 Å². The van der Waals surface area contributed by atoms with Crippen molar-refractivity contribution < 1.29 is 4.52 Å². The summed E-state index contributed by atoms with van der Waals surface area (Å²) in [6.07, 6.45) is 2.16. The molecule has 0 amide bonds. The molecule has 1 aromatic carbocycles. The summed E-state index contributed by atoms with van der Waals surface area (Å²) in [5.74, 6) is 1.31. The topological polar surface area (TPSA) is 89.3 Å². The SMILES string of the molecule is CCCCNC(N)=NCc1nc(-c2ccc(Cl)cc2)no1.I. The summed E-state index contributed by atoms with van der Waals surface area (Å²) in [4.78, 5) is 8.42. The first-order chi connectivity index (χ1) is 10.2. The number of nitrogens with two attached hydrogens (primary N) is 1. The van der Waals surface area contributed by atoms with E-state index in [1.165, 1.54) is 0 Å². The zero-order valence-corrected chi connectivity index (χ0v) is 15.3. The highest BCUT2D eigenvalue weighted by molar-refractivity contribution is 14.0. The molecular formula is C14H19ClIN5O. The maximum atomic E-state index is 5.84. The smallest absolute Gasteiger partial charge is 0.248 e. The monoisotopic (exact) mass is 435 g/mol. The van der Waals surface area contributed by atoms with Crippen molar-refractivity contribution in [1.82, 2.24) is 15.5 Å². The fraction of sp³-hybridized carbons (Fsp3) is 0.357. The van der Waals surface area contributed by atoms with Crippen molar-refractivity contribution in [2.45, 2.75) is 26.3 Å². The predicted octanol–water partition coefficient (Wildman–Crippen LogP) is 3.21. The summed E-state index contributed by atoms with van der Waals surface area (Å²) in [5, 5.41) is 7.60. The minimum Gasteiger partial charge on any atom is -0.370 e. The van der Waals surface area contributed by atoms with Gasteiger partial charge in [-0.05, 0) is 30.7 Å². The van der Waals surface area contributed by atoms with Crippen LogP contribution in [0.5, 0.6) is 0 Å². The second kappa shape index (κ2) is 9.62. The fourth-order valence-corrected chi connectivity index (χ4v) is 1.76. The number of nitrogens with one attached hydrogen (secondary N) is 1. The van der Waals surface area contributed by atoms with Gasteiger partial charge in [0.25, 0.3) is 0 Å². The highest BCUT2D eigenvalue weighted by Crippen LogP contribution is 2.18. The summed E-state index contributed by atoms with van der Waals surface area (Å²) in [6.45, 7) is 3.18. The van der Waals surface area contributed by atoms with Gasteiger partial charge in [-0.2, -0.15) is 4.98 Å². The third-order valence-electron chi connectivity index (χ3n) is 2.79. The van der Waals surface area contributed by atoms with Gasteiger partial charge in [0.15, 0.2) is 5.96 Å². The lowest BCUT2D eigenvalue weighted by atomic mass is 10.2. The molecule has 0 atom stereocenters. The first-order valence-corrected chi connectivity index (χ1v) is 7.19. The normalized spacial score (nSPS) is 11.1. The number of hydrogen-bond acceptors (Lipinski definition) is 4. The van der Waals surface area contributed by atoms with Gasteiger partial charge in [0.2, 0.25) is 11.7 Å². The van der Waals surface area contributed by atoms with E-state index in [-0.39, 0.29) is 30.5 Å². The first kappa shape index (κ1) is 18.7. The second-order valence-corrected chi connectivity index (χ2v) is 4.94. The Morgan fingerprint density at radius 3 is 2.77 bits per heavy atom. The van der Waals surface area contributed by atoms with Crippen LogP contribution in [0, 0.1) is 0 Å². The van der Waals surface area contributed by atoms with Crippen molar-refractivity contribution >= 4 is 41.5 Å². The molecule has 0 fully saturated rings. The molecule has 6 nitrogen and oxygen atoms in total. The van der Waals surface area contributed by atoms with Crippen LogP contribution in [-0.4, -0.2) is 22.6 Å². The molecular weight excluding hydrogens is 417 g/mol. The van der Waals surface area contributed by atoms with E-state index in [2.05, 4.69) is 27.4 Å². The Bertz CT molecular complexity index is 600. The van der Waals surface area contributed by atoms with Crippen LogP contribution < -0.4 is 11.1 Å². The highest BCUT2D eigenvalue weighted by Gasteiger charge is 2.08. The van der Waals surface area contributed by atoms with Crippen molar-refractivity contribution in [3.05, 3.63) is 35.2 Å². The molecule has 0 saturated carbocycles. The molecule has 1 aromatic heterocycles.